The molecule has 0 aliphatic heterocycles. The Bertz CT molecular complexity index is 314. The molecule has 0 saturated carbocycles. The van der Waals surface area contributed by atoms with Crippen molar-refractivity contribution in [3.63, 3.8) is 0 Å². The number of hydrogen-bond donors (Lipinski definition) is 1. The summed E-state index contributed by atoms with van der Waals surface area (Å²) in [6.45, 7) is 7.88. The lowest BCUT2D eigenvalue weighted by atomic mass is 10.3. The first-order valence-corrected chi connectivity index (χ1v) is 6.38. The lowest BCUT2D eigenvalue weighted by Gasteiger charge is -2.26. The van der Waals surface area contributed by atoms with Crippen molar-refractivity contribution in [2.45, 2.75) is 32.9 Å². The summed E-state index contributed by atoms with van der Waals surface area (Å²) in [6, 6.07) is 0.393. The molecule has 1 rings (SSSR count). The predicted molar refractivity (Wildman–Crippen MR) is 69.1 cm³/mol. The molecule has 16 heavy (non-hydrogen) atoms. The second-order valence-electron chi connectivity index (χ2n) is 3.92. The fraction of sp³-hybridized carbons (Fsp3) is 0.727. The summed E-state index contributed by atoms with van der Waals surface area (Å²) in [6.07, 6.45) is 1.87. The number of anilines is 1. The van der Waals surface area contributed by atoms with E-state index in [-0.39, 0.29) is 6.04 Å². The van der Waals surface area contributed by atoms with Crippen LogP contribution in [-0.4, -0.2) is 31.3 Å². The zero-order chi connectivity index (χ0) is 12.1. The molecule has 0 aliphatic rings. The highest BCUT2D eigenvalue weighted by atomic mass is 32.1. The maximum absolute atomic E-state index is 5.83. The van der Waals surface area contributed by atoms with Crippen molar-refractivity contribution in [2.75, 3.05) is 25.2 Å². The van der Waals surface area contributed by atoms with Crippen LogP contribution in [0.4, 0.5) is 5.13 Å². The fourth-order valence-electron chi connectivity index (χ4n) is 1.59. The van der Waals surface area contributed by atoms with Crippen LogP contribution in [0.25, 0.3) is 0 Å². The van der Waals surface area contributed by atoms with Gasteiger partial charge in [0.2, 0.25) is 0 Å². The summed E-state index contributed by atoms with van der Waals surface area (Å²) in [5, 5.41) is 1.03. The van der Waals surface area contributed by atoms with Crippen LogP contribution >= 0.6 is 11.3 Å². The maximum Gasteiger partial charge on any atom is 0.185 e. The Balaban J connectivity index is 2.78. The van der Waals surface area contributed by atoms with Crippen LogP contribution in [0.3, 0.4) is 0 Å². The van der Waals surface area contributed by atoms with Crippen molar-refractivity contribution in [1.82, 2.24) is 4.98 Å². The Morgan fingerprint density at radius 2 is 2.25 bits per heavy atom. The highest BCUT2D eigenvalue weighted by Gasteiger charge is 2.16. The van der Waals surface area contributed by atoms with Gasteiger partial charge in [-0.15, -0.1) is 11.3 Å². The van der Waals surface area contributed by atoms with Gasteiger partial charge in [-0.25, -0.2) is 4.98 Å². The molecule has 0 saturated heterocycles. The van der Waals surface area contributed by atoms with Crippen molar-refractivity contribution >= 4 is 16.5 Å². The van der Waals surface area contributed by atoms with E-state index in [1.165, 1.54) is 0 Å². The van der Waals surface area contributed by atoms with E-state index in [0.29, 0.717) is 12.6 Å². The van der Waals surface area contributed by atoms with Crippen LogP contribution in [0.1, 0.15) is 31.7 Å². The zero-order valence-corrected chi connectivity index (χ0v) is 11.3. The lowest BCUT2D eigenvalue weighted by Crippen LogP contribution is -2.35. The van der Waals surface area contributed by atoms with E-state index in [2.05, 4.69) is 23.7 Å². The first-order chi connectivity index (χ1) is 7.60. The standard InChI is InChI=1S/C11H21N3OS/c1-5-14(8(2)7-15-4)11-13-6-10(16-11)9(3)12/h6,8-9H,5,7,12H2,1-4H3. The van der Waals surface area contributed by atoms with Crippen LogP contribution in [0.15, 0.2) is 6.20 Å². The van der Waals surface area contributed by atoms with E-state index in [1.54, 1.807) is 18.4 Å². The summed E-state index contributed by atoms with van der Waals surface area (Å²) < 4.78 is 5.17. The van der Waals surface area contributed by atoms with Crippen molar-refractivity contribution in [3.8, 4) is 0 Å². The monoisotopic (exact) mass is 243 g/mol. The van der Waals surface area contributed by atoms with Crippen LogP contribution in [0.2, 0.25) is 0 Å². The molecule has 4 nitrogen and oxygen atoms in total. The third-order valence-electron chi connectivity index (χ3n) is 2.49. The van der Waals surface area contributed by atoms with Gasteiger partial charge < -0.3 is 15.4 Å². The number of nitrogens with zero attached hydrogens (tertiary/aromatic N) is 2. The Morgan fingerprint density at radius 1 is 1.56 bits per heavy atom. The normalized spacial score (nSPS) is 14.8. The summed E-state index contributed by atoms with van der Waals surface area (Å²) in [4.78, 5) is 7.78. The van der Waals surface area contributed by atoms with Crippen LogP contribution < -0.4 is 10.6 Å². The molecule has 1 aromatic rings. The van der Waals surface area contributed by atoms with Crippen molar-refractivity contribution in [2.24, 2.45) is 5.73 Å². The number of rotatable bonds is 6. The molecule has 0 fully saturated rings. The number of nitrogens with two attached hydrogens (primary N) is 1. The lowest BCUT2D eigenvalue weighted by molar-refractivity contribution is 0.182. The Labute approximate surface area is 101 Å². The number of ether oxygens (including phenoxy) is 1. The maximum atomic E-state index is 5.83. The van der Waals surface area contributed by atoms with Crippen LogP contribution in [0, 0.1) is 0 Å². The first kappa shape index (κ1) is 13.4. The number of aromatic nitrogens is 1. The summed E-state index contributed by atoms with van der Waals surface area (Å²) in [5.41, 5.74) is 5.83. The smallest absolute Gasteiger partial charge is 0.185 e. The highest BCUT2D eigenvalue weighted by molar-refractivity contribution is 7.15. The van der Waals surface area contributed by atoms with E-state index in [0.717, 1.165) is 16.6 Å². The van der Waals surface area contributed by atoms with Gasteiger partial charge in [0.15, 0.2) is 5.13 Å². The second-order valence-corrected chi connectivity index (χ2v) is 4.96. The molecule has 1 heterocycles. The van der Waals surface area contributed by atoms with Gasteiger partial charge in [0.1, 0.15) is 0 Å². The molecule has 5 heteroatoms. The Hall–Kier alpha value is -0.650. The molecule has 0 amide bonds. The van der Waals surface area contributed by atoms with E-state index >= 15 is 0 Å². The van der Waals surface area contributed by atoms with Gasteiger partial charge in [0.25, 0.3) is 0 Å². The van der Waals surface area contributed by atoms with E-state index in [4.69, 9.17) is 10.5 Å². The number of hydrogen-bond acceptors (Lipinski definition) is 5. The minimum absolute atomic E-state index is 0.0580. The van der Waals surface area contributed by atoms with Crippen LogP contribution in [-0.2, 0) is 4.74 Å². The fourth-order valence-corrected chi connectivity index (χ4v) is 2.62. The van der Waals surface area contributed by atoms with Gasteiger partial charge in [-0.2, -0.15) is 0 Å². The van der Waals surface area contributed by atoms with E-state index < -0.39 is 0 Å². The number of methoxy groups -OCH3 is 1. The van der Waals surface area contributed by atoms with Gasteiger partial charge in [0, 0.05) is 30.8 Å². The predicted octanol–water partition coefficient (Wildman–Crippen LogP) is 2.02. The molecule has 1 aromatic heterocycles. The van der Waals surface area contributed by atoms with Crippen molar-refractivity contribution in [1.29, 1.82) is 0 Å². The van der Waals surface area contributed by atoms with Crippen molar-refractivity contribution in [3.05, 3.63) is 11.1 Å². The largest absolute Gasteiger partial charge is 0.383 e. The zero-order valence-electron chi connectivity index (χ0n) is 10.4. The van der Waals surface area contributed by atoms with Gasteiger partial charge in [-0.3, -0.25) is 0 Å². The third kappa shape index (κ3) is 3.17. The first-order valence-electron chi connectivity index (χ1n) is 5.57. The average Bonchev–Trinajstić information content (AvgIpc) is 2.68. The molecule has 92 valence electrons. The molecule has 0 radical (unpaired) electrons. The SMILES string of the molecule is CCN(c1ncc(C(C)N)s1)C(C)COC. The Kier molecular flexibility index (Phi) is 5.18. The van der Waals surface area contributed by atoms with E-state index in [9.17, 15) is 0 Å². The molecule has 0 aromatic carbocycles. The molecule has 2 atom stereocenters. The molecular weight excluding hydrogens is 222 g/mol. The average molecular weight is 243 g/mol. The third-order valence-corrected chi connectivity index (χ3v) is 3.72. The quantitative estimate of drug-likeness (QED) is 0.830. The summed E-state index contributed by atoms with van der Waals surface area (Å²) in [7, 11) is 1.72. The van der Waals surface area contributed by atoms with Gasteiger partial charge in [-0.05, 0) is 20.8 Å². The minimum Gasteiger partial charge on any atom is -0.383 e. The molecular formula is C11H21N3OS. The molecule has 2 unspecified atom stereocenters. The van der Waals surface area contributed by atoms with E-state index in [1.807, 2.05) is 13.1 Å². The summed E-state index contributed by atoms with van der Waals surface area (Å²) >= 11 is 1.66. The second kappa shape index (κ2) is 6.18. The van der Waals surface area contributed by atoms with Gasteiger partial charge in [0.05, 0.1) is 12.6 Å². The molecule has 0 aliphatic carbocycles. The topological polar surface area (TPSA) is 51.4 Å². The van der Waals surface area contributed by atoms with Crippen molar-refractivity contribution < 1.29 is 4.74 Å². The minimum atomic E-state index is 0.0580. The molecule has 2 N–H and O–H groups in total. The number of thiazole rings is 1. The molecule has 0 bridgehead atoms. The number of likely N-dealkylation sites (N-methyl/N-ethyl adjacent to an activating group) is 1. The highest BCUT2D eigenvalue weighted by Crippen LogP contribution is 2.27. The van der Waals surface area contributed by atoms with Gasteiger partial charge in [-0.1, -0.05) is 0 Å². The van der Waals surface area contributed by atoms with Gasteiger partial charge >= 0.3 is 0 Å². The summed E-state index contributed by atoms with van der Waals surface area (Å²) in [5.74, 6) is 0. The molecule has 0 spiro atoms. The van der Waals surface area contributed by atoms with Crippen LogP contribution in [0.5, 0.6) is 0 Å². The Morgan fingerprint density at radius 3 is 2.69 bits per heavy atom.